The van der Waals surface area contributed by atoms with E-state index in [1.54, 1.807) is 0 Å². The van der Waals surface area contributed by atoms with Gasteiger partial charge < -0.3 is 0 Å². The molecule has 14 heavy (non-hydrogen) atoms. The van der Waals surface area contributed by atoms with Gasteiger partial charge in [0.25, 0.3) is 0 Å². The largest absolute Gasteiger partial charge is 0.0736 e. The maximum atomic E-state index is 2.25. The first-order valence-corrected chi connectivity index (χ1v) is 5.16. The van der Waals surface area contributed by atoms with Crippen LogP contribution in [0.15, 0.2) is 59.8 Å². The lowest BCUT2D eigenvalue weighted by atomic mass is 9.90. The third-order valence-corrected chi connectivity index (χ3v) is 3.12. The fourth-order valence-electron chi connectivity index (χ4n) is 1.97. The lowest BCUT2D eigenvalue weighted by molar-refractivity contribution is 0.875. The van der Waals surface area contributed by atoms with Gasteiger partial charge in [-0.05, 0) is 13.8 Å². The molecule has 0 unspecified atom stereocenters. The summed E-state index contributed by atoms with van der Waals surface area (Å²) in [6.45, 7) is 4.47. The van der Waals surface area contributed by atoms with Crippen LogP contribution in [-0.4, -0.2) is 0 Å². The third-order valence-electron chi connectivity index (χ3n) is 3.12. The molecule has 0 aromatic rings. The van der Waals surface area contributed by atoms with E-state index in [1.807, 2.05) is 0 Å². The van der Waals surface area contributed by atoms with E-state index in [2.05, 4.69) is 62.5 Å². The van der Waals surface area contributed by atoms with E-state index in [4.69, 9.17) is 0 Å². The van der Waals surface area contributed by atoms with Gasteiger partial charge in [-0.15, -0.1) is 0 Å². The Hall–Kier alpha value is -1.30. The summed E-state index contributed by atoms with van der Waals surface area (Å²) < 4.78 is 0. The predicted molar refractivity (Wildman–Crippen MR) is 61.9 cm³/mol. The molecule has 0 amide bonds. The molecule has 2 rings (SSSR count). The van der Waals surface area contributed by atoms with E-state index in [1.165, 1.54) is 11.1 Å². The second kappa shape index (κ2) is 3.83. The Bertz CT molecular complexity index is 301. The number of hydrogen-bond acceptors (Lipinski definition) is 0. The van der Waals surface area contributed by atoms with Crippen LogP contribution in [0.1, 0.15) is 13.8 Å². The predicted octanol–water partition coefficient (Wildman–Crippen LogP) is 3.81. The molecule has 0 saturated heterocycles. The van der Waals surface area contributed by atoms with Gasteiger partial charge in [-0.25, -0.2) is 0 Å². The highest BCUT2D eigenvalue weighted by Crippen LogP contribution is 2.28. The summed E-state index contributed by atoms with van der Waals surface area (Å²) in [6, 6.07) is 0. The molecule has 0 aromatic carbocycles. The molecule has 0 atom stereocenters. The smallest absolute Gasteiger partial charge is 0.0163 e. The lowest BCUT2D eigenvalue weighted by Crippen LogP contribution is -2.01. The first kappa shape index (κ1) is 9.26. The van der Waals surface area contributed by atoms with Crippen LogP contribution in [0.2, 0.25) is 0 Å². The molecule has 0 aliphatic heterocycles. The van der Waals surface area contributed by atoms with Gasteiger partial charge in [0.1, 0.15) is 0 Å². The summed E-state index contributed by atoms with van der Waals surface area (Å²) in [5, 5.41) is 0. The molecule has 0 saturated carbocycles. The Morgan fingerprint density at radius 2 is 0.929 bits per heavy atom. The van der Waals surface area contributed by atoms with Crippen molar-refractivity contribution in [3.05, 3.63) is 59.8 Å². The average Bonchev–Trinajstić information content (AvgIpc) is 2.87. The van der Waals surface area contributed by atoms with Crippen molar-refractivity contribution in [3.63, 3.8) is 0 Å². The first-order valence-electron chi connectivity index (χ1n) is 5.16. The minimum Gasteiger partial charge on any atom is -0.0736 e. The molecule has 0 N–H and O–H groups in total. The first-order chi connectivity index (χ1) is 6.79. The quantitative estimate of drug-likeness (QED) is 0.572. The van der Waals surface area contributed by atoms with E-state index in [0.717, 1.165) is 0 Å². The molecule has 2 aliphatic carbocycles. The van der Waals surface area contributed by atoms with Crippen LogP contribution in [-0.2, 0) is 0 Å². The van der Waals surface area contributed by atoms with Gasteiger partial charge in [-0.3, -0.25) is 0 Å². The van der Waals surface area contributed by atoms with Crippen molar-refractivity contribution in [2.45, 2.75) is 13.8 Å². The van der Waals surface area contributed by atoms with Crippen LogP contribution in [0.5, 0.6) is 0 Å². The Morgan fingerprint density at radius 3 is 1.21 bits per heavy atom. The minimum absolute atomic E-state index is 0.525. The summed E-state index contributed by atoms with van der Waals surface area (Å²) in [6.07, 6.45) is 17.5. The van der Waals surface area contributed by atoms with Gasteiger partial charge >= 0.3 is 0 Å². The SMILES string of the molecule is CC(=C(C)C1C=CC=C1)C1C=CC=C1. The summed E-state index contributed by atoms with van der Waals surface area (Å²) in [5.41, 5.74) is 2.97. The van der Waals surface area contributed by atoms with E-state index >= 15 is 0 Å². The molecule has 0 radical (unpaired) electrons. The fraction of sp³-hybridized carbons (Fsp3) is 0.286. The molecule has 0 fully saturated rings. The molecule has 0 heteroatoms. The van der Waals surface area contributed by atoms with Crippen LogP contribution in [0.25, 0.3) is 0 Å². The van der Waals surface area contributed by atoms with Crippen LogP contribution >= 0.6 is 0 Å². The molecule has 0 spiro atoms. The highest BCUT2D eigenvalue weighted by molar-refractivity contribution is 5.36. The Balaban J connectivity index is 2.21. The highest BCUT2D eigenvalue weighted by atomic mass is 14.2. The Labute approximate surface area is 86.0 Å². The topological polar surface area (TPSA) is 0 Å². The van der Waals surface area contributed by atoms with Gasteiger partial charge in [-0.1, -0.05) is 59.8 Å². The Morgan fingerprint density at radius 1 is 0.643 bits per heavy atom. The standard InChI is InChI=1S/C14H16/c1-11(13-7-3-4-8-13)12(2)14-9-5-6-10-14/h3-10,13-14H,1-2H3. The van der Waals surface area contributed by atoms with E-state index in [0.29, 0.717) is 11.8 Å². The van der Waals surface area contributed by atoms with Crippen molar-refractivity contribution in [2.24, 2.45) is 11.8 Å². The summed E-state index contributed by atoms with van der Waals surface area (Å²) >= 11 is 0. The van der Waals surface area contributed by atoms with Crippen molar-refractivity contribution in [2.75, 3.05) is 0 Å². The van der Waals surface area contributed by atoms with Crippen LogP contribution in [0.3, 0.4) is 0 Å². The summed E-state index contributed by atoms with van der Waals surface area (Å²) in [5.74, 6) is 1.05. The molecule has 0 aromatic heterocycles. The maximum Gasteiger partial charge on any atom is 0.0163 e. The maximum absolute atomic E-state index is 2.25. The second-order valence-corrected chi connectivity index (χ2v) is 3.96. The van der Waals surface area contributed by atoms with Gasteiger partial charge in [0.15, 0.2) is 0 Å². The lowest BCUT2D eigenvalue weighted by Gasteiger charge is -2.14. The summed E-state index contributed by atoms with van der Waals surface area (Å²) in [4.78, 5) is 0. The van der Waals surface area contributed by atoms with E-state index < -0.39 is 0 Å². The highest BCUT2D eigenvalue weighted by Gasteiger charge is 2.13. The van der Waals surface area contributed by atoms with E-state index in [-0.39, 0.29) is 0 Å². The van der Waals surface area contributed by atoms with Crippen molar-refractivity contribution in [1.82, 2.24) is 0 Å². The van der Waals surface area contributed by atoms with Crippen LogP contribution < -0.4 is 0 Å². The van der Waals surface area contributed by atoms with Gasteiger partial charge in [0, 0.05) is 11.8 Å². The molecule has 0 nitrogen and oxygen atoms in total. The van der Waals surface area contributed by atoms with Crippen molar-refractivity contribution in [1.29, 1.82) is 0 Å². The average molecular weight is 184 g/mol. The third kappa shape index (κ3) is 1.65. The van der Waals surface area contributed by atoms with E-state index in [9.17, 15) is 0 Å². The van der Waals surface area contributed by atoms with Crippen molar-refractivity contribution >= 4 is 0 Å². The van der Waals surface area contributed by atoms with Crippen molar-refractivity contribution < 1.29 is 0 Å². The molecular formula is C14H16. The molecular weight excluding hydrogens is 168 g/mol. The molecule has 72 valence electrons. The monoisotopic (exact) mass is 184 g/mol. The second-order valence-electron chi connectivity index (χ2n) is 3.96. The van der Waals surface area contributed by atoms with Crippen LogP contribution in [0.4, 0.5) is 0 Å². The molecule has 0 heterocycles. The normalized spacial score (nSPS) is 22.4. The summed E-state index contributed by atoms with van der Waals surface area (Å²) in [7, 11) is 0. The van der Waals surface area contributed by atoms with Gasteiger partial charge in [-0.2, -0.15) is 0 Å². The fourth-order valence-corrected chi connectivity index (χ4v) is 1.97. The number of rotatable bonds is 2. The van der Waals surface area contributed by atoms with Gasteiger partial charge in [0.05, 0.1) is 0 Å². The van der Waals surface area contributed by atoms with Gasteiger partial charge in [0.2, 0.25) is 0 Å². The molecule has 0 bridgehead atoms. The Kier molecular flexibility index (Phi) is 2.53. The minimum atomic E-state index is 0.525. The number of allylic oxidation sites excluding steroid dienone is 10. The zero-order valence-electron chi connectivity index (χ0n) is 8.77. The zero-order valence-corrected chi connectivity index (χ0v) is 8.77. The zero-order chi connectivity index (χ0) is 9.97. The van der Waals surface area contributed by atoms with Crippen molar-refractivity contribution in [3.8, 4) is 0 Å². The van der Waals surface area contributed by atoms with Crippen LogP contribution in [0, 0.1) is 11.8 Å². The molecule has 2 aliphatic rings. The number of hydrogen-bond donors (Lipinski definition) is 0.